The quantitative estimate of drug-likeness (QED) is 0.337. The lowest BCUT2D eigenvalue weighted by molar-refractivity contribution is -0.186. The maximum absolute atomic E-state index is 10.2. The van der Waals surface area contributed by atoms with E-state index in [1.54, 1.807) is 0 Å². The van der Waals surface area contributed by atoms with E-state index >= 15 is 0 Å². The summed E-state index contributed by atoms with van der Waals surface area (Å²) >= 11 is 0. The zero-order valence-electron chi connectivity index (χ0n) is 6.71. The van der Waals surface area contributed by atoms with E-state index in [1.807, 2.05) is 0 Å². The fourth-order valence-electron chi connectivity index (χ4n) is 0.650. The molecular weight excluding hydrogens is 184 g/mol. The lowest BCUT2D eigenvalue weighted by Crippen LogP contribution is -2.56. The molecule has 0 aromatic rings. The fourth-order valence-corrected chi connectivity index (χ4v) is 0.650. The maximum atomic E-state index is 10.2. The van der Waals surface area contributed by atoms with Crippen LogP contribution in [0.4, 0.5) is 0 Å². The summed E-state index contributed by atoms with van der Waals surface area (Å²) in [6.45, 7) is 0.713. The third kappa shape index (κ3) is 2.38. The van der Waals surface area contributed by atoms with Crippen molar-refractivity contribution < 1.29 is 35.1 Å². The first-order valence-corrected chi connectivity index (χ1v) is 3.25. The Morgan fingerprint density at radius 3 is 1.46 bits per heavy atom. The Balaban J connectivity index is 4.74. The van der Waals surface area contributed by atoms with Crippen LogP contribution in [0.15, 0.2) is 0 Å². The van der Waals surface area contributed by atoms with E-state index in [4.69, 9.17) is 25.5 Å². The number of aliphatic hydroxyl groups is 3. The zero-order valence-corrected chi connectivity index (χ0v) is 6.71. The SMILES string of the molecule is CC(O)(C(O)C(=O)O)C(O)C(=O)O. The van der Waals surface area contributed by atoms with Crippen molar-refractivity contribution in [2.24, 2.45) is 0 Å². The van der Waals surface area contributed by atoms with Gasteiger partial charge in [0, 0.05) is 0 Å². The van der Waals surface area contributed by atoms with Gasteiger partial charge < -0.3 is 25.5 Å². The fraction of sp³-hybridized carbons (Fsp3) is 0.667. The summed E-state index contributed by atoms with van der Waals surface area (Å²) in [5.74, 6) is -3.63. The number of carboxylic acid groups (broad SMARTS) is 2. The summed E-state index contributed by atoms with van der Waals surface area (Å²) in [7, 11) is 0. The van der Waals surface area contributed by atoms with E-state index in [0.717, 1.165) is 0 Å². The van der Waals surface area contributed by atoms with Gasteiger partial charge in [-0.3, -0.25) is 0 Å². The standard InChI is InChI=1S/C6H10O7/c1-6(13,2(7)4(9)10)3(8)5(11)12/h2-3,7-8,13H,1H3,(H,9,10)(H,11,12). The molecule has 0 fully saturated rings. The number of rotatable bonds is 4. The van der Waals surface area contributed by atoms with Gasteiger partial charge in [-0.15, -0.1) is 0 Å². The summed E-state index contributed by atoms with van der Waals surface area (Å²) in [5.41, 5.74) is -2.63. The van der Waals surface area contributed by atoms with Crippen molar-refractivity contribution >= 4 is 11.9 Å². The Morgan fingerprint density at radius 1 is 1.08 bits per heavy atom. The molecule has 76 valence electrons. The van der Waals surface area contributed by atoms with E-state index < -0.39 is 29.7 Å². The predicted molar refractivity (Wildman–Crippen MR) is 37.9 cm³/mol. The molecule has 0 rings (SSSR count). The van der Waals surface area contributed by atoms with E-state index in [2.05, 4.69) is 0 Å². The molecule has 0 heterocycles. The van der Waals surface area contributed by atoms with Crippen LogP contribution in [0.25, 0.3) is 0 Å². The van der Waals surface area contributed by atoms with Crippen molar-refractivity contribution in [2.45, 2.75) is 24.7 Å². The van der Waals surface area contributed by atoms with Gasteiger partial charge in [-0.1, -0.05) is 0 Å². The first-order chi connectivity index (χ1) is 5.71. The predicted octanol–water partition coefficient (Wildman–Crippen LogP) is -2.37. The Hall–Kier alpha value is -1.18. The van der Waals surface area contributed by atoms with E-state index in [1.165, 1.54) is 0 Å². The molecule has 5 N–H and O–H groups in total. The van der Waals surface area contributed by atoms with Crippen molar-refractivity contribution in [1.82, 2.24) is 0 Å². The lowest BCUT2D eigenvalue weighted by atomic mass is 9.92. The average Bonchev–Trinajstić information content (AvgIpc) is 2.01. The molecule has 0 aliphatic rings. The summed E-state index contributed by atoms with van der Waals surface area (Å²) in [6, 6.07) is 0. The Kier molecular flexibility index (Phi) is 3.35. The molecule has 0 bridgehead atoms. The molecule has 0 saturated heterocycles. The molecule has 0 aliphatic heterocycles. The van der Waals surface area contributed by atoms with Crippen LogP contribution in [0, 0.1) is 0 Å². The van der Waals surface area contributed by atoms with Crippen molar-refractivity contribution in [2.75, 3.05) is 0 Å². The number of hydrogen-bond acceptors (Lipinski definition) is 5. The molecule has 0 radical (unpaired) electrons. The first kappa shape index (κ1) is 11.8. The molecule has 7 nitrogen and oxygen atoms in total. The Bertz CT molecular complexity index is 199. The molecule has 13 heavy (non-hydrogen) atoms. The van der Waals surface area contributed by atoms with Crippen molar-refractivity contribution in [3.63, 3.8) is 0 Å². The van der Waals surface area contributed by atoms with Gasteiger partial charge >= 0.3 is 11.9 Å². The normalized spacial score (nSPS) is 20.0. The van der Waals surface area contributed by atoms with Gasteiger partial charge in [0.2, 0.25) is 0 Å². The third-order valence-corrected chi connectivity index (χ3v) is 1.58. The molecule has 2 unspecified atom stereocenters. The van der Waals surface area contributed by atoms with E-state index in [9.17, 15) is 9.59 Å². The molecule has 0 amide bonds. The first-order valence-electron chi connectivity index (χ1n) is 3.25. The van der Waals surface area contributed by atoms with Gasteiger partial charge in [-0.25, -0.2) is 9.59 Å². The maximum Gasteiger partial charge on any atom is 0.335 e. The molecule has 0 aromatic heterocycles. The van der Waals surface area contributed by atoms with Crippen LogP contribution in [0.2, 0.25) is 0 Å². The second-order valence-corrected chi connectivity index (χ2v) is 2.71. The molecule has 0 aromatic carbocycles. The van der Waals surface area contributed by atoms with Crippen LogP contribution < -0.4 is 0 Å². The topological polar surface area (TPSA) is 135 Å². The summed E-state index contributed by atoms with van der Waals surface area (Å²) in [6.07, 6.45) is -4.72. The van der Waals surface area contributed by atoms with Crippen molar-refractivity contribution in [1.29, 1.82) is 0 Å². The molecular formula is C6H10O7. The van der Waals surface area contributed by atoms with Crippen LogP contribution in [0.5, 0.6) is 0 Å². The highest BCUT2D eigenvalue weighted by atomic mass is 16.4. The summed E-state index contributed by atoms with van der Waals surface area (Å²) in [5, 5.41) is 43.2. The summed E-state index contributed by atoms with van der Waals surface area (Å²) in [4.78, 5) is 20.3. The minimum atomic E-state index is -2.63. The van der Waals surface area contributed by atoms with Gasteiger partial charge in [0.25, 0.3) is 0 Å². The number of carboxylic acids is 2. The Morgan fingerprint density at radius 2 is 1.31 bits per heavy atom. The van der Waals surface area contributed by atoms with E-state index in [0.29, 0.717) is 6.92 Å². The Labute approximate surface area is 72.9 Å². The zero-order chi connectivity index (χ0) is 10.8. The van der Waals surface area contributed by atoms with Gasteiger partial charge in [0.15, 0.2) is 12.2 Å². The third-order valence-electron chi connectivity index (χ3n) is 1.58. The van der Waals surface area contributed by atoms with Crippen LogP contribution >= 0.6 is 0 Å². The highest BCUT2D eigenvalue weighted by molar-refractivity contribution is 5.78. The van der Waals surface area contributed by atoms with Crippen molar-refractivity contribution in [3.05, 3.63) is 0 Å². The number of aliphatic hydroxyl groups excluding tert-OH is 2. The molecule has 2 atom stereocenters. The molecule has 7 heteroatoms. The van der Waals surface area contributed by atoms with Crippen LogP contribution in [-0.2, 0) is 9.59 Å². The lowest BCUT2D eigenvalue weighted by Gasteiger charge is -2.28. The molecule has 0 spiro atoms. The van der Waals surface area contributed by atoms with Gasteiger partial charge in [0.1, 0.15) is 5.60 Å². The van der Waals surface area contributed by atoms with Crippen molar-refractivity contribution in [3.8, 4) is 0 Å². The highest BCUT2D eigenvalue weighted by Gasteiger charge is 2.46. The van der Waals surface area contributed by atoms with Gasteiger partial charge in [-0.05, 0) is 6.92 Å². The average molecular weight is 194 g/mol. The number of hydrogen-bond donors (Lipinski definition) is 5. The van der Waals surface area contributed by atoms with Crippen LogP contribution in [-0.4, -0.2) is 55.3 Å². The molecule has 0 saturated carbocycles. The minimum absolute atomic E-state index is 0.713. The highest BCUT2D eigenvalue weighted by Crippen LogP contribution is 2.15. The summed E-state index contributed by atoms with van der Waals surface area (Å²) < 4.78 is 0. The van der Waals surface area contributed by atoms with Gasteiger partial charge in [0.05, 0.1) is 0 Å². The number of aliphatic carboxylic acids is 2. The molecule has 0 aliphatic carbocycles. The van der Waals surface area contributed by atoms with Gasteiger partial charge in [-0.2, -0.15) is 0 Å². The van der Waals surface area contributed by atoms with E-state index in [-0.39, 0.29) is 0 Å². The largest absolute Gasteiger partial charge is 0.479 e. The second-order valence-electron chi connectivity index (χ2n) is 2.71. The van der Waals surface area contributed by atoms with Crippen LogP contribution in [0.3, 0.4) is 0 Å². The van der Waals surface area contributed by atoms with Crippen LogP contribution in [0.1, 0.15) is 6.92 Å². The smallest absolute Gasteiger partial charge is 0.335 e. The second kappa shape index (κ2) is 3.69. The number of carbonyl (C=O) groups is 2. The minimum Gasteiger partial charge on any atom is -0.479 e. The monoisotopic (exact) mass is 194 g/mol.